The van der Waals surface area contributed by atoms with Crippen molar-refractivity contribution in [3.05, 3.63) is 0 Å². The first-order chi connectivity index (χ1) is 7.86. The van der Waals surface area contributed by atoms with Gasteiger partial charge in [0.15, 0.2) is 0 Å². The van der Waals surface area contributed by atoms with Gasteiger partial charge in [-0.3, -0.25) is 9.59 Å². The molecule has 0 aromatic carbocycles. The number of nitrogens with zero attached hydrogens (tertiary/aromatic N) is 1. The van der Waals surface area contributed by atoms with E-state index in [0.717, 1.165) is 6.54 Å². The van der Waals surface area contributed by atoms with Crippen molar-refractivity contribution in [2.75, 3.05) is 33.7 Å². The Hall–Kier alpha value is -1.14. The lowest BCUT2D eigenvalue weighted by atomic mass is 10.0. The van der Waals surface area contributed by atoms with Gasteiger partial charge in [0.1, 0.15) is 0 Å². The van der Waals surface area contributed by atoms with Gasteiger partial charge in [0.2, 0.25) is 11.8 Å². The van der Waals surface area contributed by atoms with Crippen molar-refractivity contribution < 1.29 is 9.59 Å². The number of nitrogens with one attached hydrogen (secondary N) is 2. The lowest BCUT2D eigenvalue weighted by molar-refractivity contribution is -0.126. The first kappa shape index (κ1) is 15.9. The molecule has 0 fully saturated rings. The molecule has 0 aromatic rings. The molecule has 0 aliphatic rings. The average Bonchev–Trinajstić information content (AvgIpc) is 2.24. The Morgan fingerprint density at radius 1 is 1.24 bits per heavy atom. The molecule has 6 nitrogen and oxygen atoms in total. The van der Waals surface area contributed by atoms with Crippen LogP contribution in [-0.2, 0) is 9.59 Å². The summed E-state index contributed by atoms with van der Waals surface area (Å²) in [6, 6.07) is 0.0762. The van der Waals surface area contributed by atoms with E-state index in [2.05, 4.69) is 10.6 Å². The highest BCUT2D eigenvalue weighted by molar-refractivity contribution is 5.85. The normalized spacial score (nSPS) is 12.6. The highest BCUT2D eigenvalue weighted by atomic mass is 16.2. The summed E-state index contributed by atoms with van der Waals surface area (Å²) in [5.41, 5.74) is 5.12. The van der Waals surface area contributed by atoms with Gasteiger partial charge in [0.25, 0.3) is 0 Å². The van der Waals surface area contributed by atoms with Gasteiger partial charge < -0.3 is 21.3 Å². The molecule has 17 heavy (non-hydrogen) atoms. The molecule has 0 saturated heterocycles. The highest BCUT2D eigenvalue weighted by Crippen LogP contribution is 2.02. The first-order valence-electron chi connectivity index (χ1n) is 5.77. The molecule has 0 radical (unpaired) electrons. The van der Waals surface area contributed by atoms with Gasteiger partial charge in [-0.15, -0.1) is 0 Å². The summed E-state index contributed by atoms with van der Waals surface area (Å²) >= 11 is 0. The zero-order valence-electron chi connectivity index (χ0n) is 11.1. The van der Waals surface area contributed by atoms with Crippen molar-refractivity contribution >= 4 is 11.8 Å². The molecule has 100 valence electrons. The van der Waals surface area contributed by atoms with Crippen molar-refractivity contribution in [1.29, 1.82) is 0 Å². The second kappa shape index (κ2) is 8.03. The Kier molecular flexibility index (Phi) is 7.49. The molecule has 0 heterocycles. The monoisotopic (exact) mass is 244 g/mol. The molecule has 0 bridgehead atoms. The number of likely N-dealkylation sites (N-methyl/N-ethyl adjacent to an activating group) is 1. The van der Waals surface area contributed by atoms with Gasteiger partial charge in [-0.05, 0) is 20.0 Å². The lowest BCUT2D eigenvalue weighted by Crippen LogP contribution is -2.48. The van der Waals surface area contributed by atoms with Crippen molar-refractivity contribution in [1.82, 2.24) is 15.5 Å². The Labute approximate surface area is 103 Å². The Morgan fingerprint density at radius 3 is 2.24 bits per heavy atom. The van der Waals surface area contributed by atoms with E-state index >= 15 is 0 Å². The standard InChI is InChI=1S/C11H24N4O2/c1-8(2)9(7-15(3)4)14-11(17)6-13-10(16)5-12/h8-9H,5-7,12H2,1-4H3,(H,13,16)(H,14,17). The van der Waals surface area contributed by atoms with E-state index in [4.69, 9.17) is 5.73 Å². The number of amides is 2. The van der Waals surface area contributed by atoms with E-state index in [0.29, 0.717) is 5.92 Å². The summed E-state index contributed by atoms with van der Waals surface area (Å²) in [6.07, 6.45) is 0. The van der Waals surface area contributed by atoms with E-state index in [9.17, 15) is 9.59 Å². The SMILES string of the molecule is CC(C)C(CN(C)C)NC(=O)CNC(=O)CN. The molecule has 4 N–H and O–H groups in total. The maximum Gasteiger partial charge on any atom is 0.239 e. The molecule has 1 atom stereocenters. The molecule has 2 amide bonds. The quantitative estimate of drug-likeness (QED) is 0.523. The second-order valence-corrected chi connectivity index (χ2v) is 4.66. The van der Waals surface area contributed by atoms with Crippen LogP contribution in [0.4, 0.5) is 0 Å². The Bertz CT molecular complexity index is 254. The fourth-order valence-electron chi connectivity index (χ4n) is 1.33. The van der Waals surface area contributed by atoms with Crippen molar-refractivity contribution in [2.24, 2.45) is 11.7 Å². The molecule has 0 saturated carbocycles. The Morgan fingerprint density at radius 2 is 1.82 bits per heavy atom. The zero-order valence-corrected chi connectivity index (χ0v) is 11.1. The highest BCUT2D eigenvalue weighted by Gasteiger charge is 2.16. The van der Waals surface area contributed by atoms with E-state index < -0.39 is 0 Å². The van der Waals surface area contributed by atoms with E-state index in [1.807, 2.05) is 32.8 Å². The minimum absolute atomic E-state index is 0.0211. The number of hydrogen-bond acceptors (Lipinski definition) is 4. The van der Waals surface area contributed by atoms with Gasteiger partial charge in [-0.25, -0.2) is 0 Å². The molecule has 0 aromatic heterocycles. The second-order valence-electron chi connectivity index (χ2n) is 4.66. The molecule has 0 aliphatic heterocycles. The predicted octanol–water partition coefficient (Wildman–Crippen LogP) is -1.24. The third-order valence-corrected chi connectivity index (χ3v) is 2.34. The summed E-state index contributed by atoms with van der Waals surface area (Å²) in [5.74, 6) is -0.173. The summed E-state index contributed by atoms with van der Waals surface area (Å²) < 4.78 is 0. The third kappa shape index (κ3) is 7.70. The van der Waals surface area contributed by atoms with Crippen molar-refractivity contribution in [3.8, 4) is 0 Å². The molecule has 0 spiro atoms. The van der Waals surface area contributed by atoms with Crippen molar-refractivity contribution in [3.63, 3.8) is 0 Å². The molecule has 6 heteroatoms. The average molecular weight is 244 g/mol. The number of rotatable bonds is 7. The topological polar surface area (TPSA) is 87.5 Å². The maximum absolute atomic E-state index is 11.6. The number of hydrogen-bond donors (Lipinski definition) is 3. The van der Waals surface area contributed by atoms with Gasteiger partial charge in [0, 0.05) is 12.6 Å². The minimum Gasteiger partial charge on any atom is -0.350 e. The van der Waals surface area contributed by atoms with Crippen LogP contribution in [0.25, 0.3) is 0 Å². The molecular formula is C11H24N4O2. The van der Waals surface area contributed by atoms with E-state index in [-0.39, 0.29) is 30.9 Å². The van der Waals surface area contributed by atoms with Gasteiger partial charge >= 0.3 is 0 Å². The van der Waals surface area contributed by atoms with Crippen LogP contribution in [0.2, 0.25) is 0 Å². The summed E-state index contributed by atoms with van der Waals surface area (Å²) in [7, 11) is 3.91. The first-order valence-corrected chi connectivity index (χ1v) is 5.77. The largest absolute Gasteiger partial charge is 0.350 e. The van der Waals surface area contributed by atoms with Crippen LogP contribution in [0.15, 0.2) is 0 Å². The molecular weight excluding hydrogens is 220 g/mol. The number of nitrogens with two attached hydrogens (primary N) is 1. The van der Waals surface area contributed by atoms with Crippen LogP contribution in [-0.4, -0.2) is 56.5 Å². The Balaban J connectivity index is 4.08. The predicted molar refractivity (Wildman–Crippen MR) is 67.4 cm³/mol. The fraction of sp³-hybridized carbons (Fsp3) is 0.818. The lowest BCUT2D eigenvalue weighted by Gasteiger charge is -2.25. The molecule has 1 unspecified atom stereocenters. The summed E-state index contributed by atoms with van der Waals surface area (Å²) in [4.78, 5) is 24.5. The van der Waals surface area contributed by atoms with Gasteiger partial charge in [-0.2, -0.15) is 0 Å². The van der Waals surface area contributed by atoms with E-state index in [1.165, 1.54) is 0 Å². The van der Waals surface area contributed by atoms with Crippen LogP contribution >= 0.6 is 0 Å². The van der Waals surface area contributed by atoms with Gasteiger partial charge in [0.05, 0.1) is 13.1 Å². The fourth-order valence-corrected chi connectivity index (χ4v) is 1.33. The zero-order chi connectivity index (χ0) is 13.4. The van der Waals surface area contributed by atoms with Crippen molar-refractivity contribution in [2.45, 2.75) is 19.9 Å². The van der Waals surface area contributed by atoms with E-state index in [1.54, 1.807) is 0 Å². The minimum atomic E-state index is -0.325. The number of carbonyl (C=O) groups is 2. The maximum atomic E-state index is 11.6. The van der Waals surface area contributed by atoms with Crippen LogP contribution in [0, 0.1) is 5.92 Å². The molecule has 0 rings (SSSR count). The number of carbonyl (C=O) groups excluding carboxylic acids is 2. The summed E-state index contributed by atoms with van der Waals surface area (Å²) in [6.45, 7) is 4.75. The summed E-state index contributed by atoms with van der Waals surface area (Å²) in [5, 5.41) is 5.33. The van der Waals surface area contributed by atoms with Crippen LogP contribution in [0.5, 0.6) is 0 Å². The third-order valence-electron chi connectivity index (χ3n) is 2.34. The molecule has 0 aliphatic carbocycles. The van der Waals surface area contributed by atoms with Crippen LogP contribution in [0.3, 0.4) is 0 Å². The van der Waals surface area contributed by atoms with Crippen LogP contribution < -0.4 is 16.4 Å². The smallest absolute Gasteiger partial charge is 0.239 e. The van der Waals surface area contributed by atoms with Gasteiger partial charge in [-0.1, -0.05) is 13.8 Å². The van der Waals surface area contributed by atoms with Crippen LogP contribution in [0.1, 0.15) is 13.8 Å².